The maximum atomic E-state index is 12.1. The quantitative estimate of drug-likeness (QED) is 0.660. The number of nitrogens with zero attached hydrogens (tertiary/aromatic N) is 2. The summed E-state index contributed by atoms with van der Waals surface area (Å²) >= 11 is 0. The van der Waals surface area contributed by atoms with Crippen LogP contribution in [0.4, 0.5) is 0 Å². The monoisotopic (exact) mass is 240 g/mol. The van der Waals surface area contributed by atoms with Crippen molar-refractivity contribution in [1.82, 2.24) is 9.80 Å². The van der Waals surface area contributed by atoms with E-state index in [-0.39, 0.29) is 17.9 Å². The summed E-state index contributed by atoms with van der Waals surface area (Å²) in [6, 6.07) is 0. The highest BCUT2D eigenvalue weighted by Crippen LogP contribution is 2.16. The van der Waals surface area contributed by atoms with Crippen LogP contribution in [0.3, 0.4) is 0 Å². The zero-order chi connectivity index (χ0) is 12.3. The molecule has 0 aromatic carbocycles. The SMILES string of the molecule is CC(=O)N1CCCN(C(=O)C2CCCO2)CC1. The van der Waals surface area contributed by atoms with Crippen molar-refractivity contribution in [2.45, 2.75) is 32.3 Å². The predicted octanol–water partition coefficient (Wildman–Crippen LogP) is 0.246. The third kappa shape index (κ3) is 2.97. The van der Waals surface area contributed by atoms with E-state index in [0.29, 0.717) is 19.7 Å². The Hall–Kier alpha value is -1.10. The van der Waals surface area contributed by atoms with Crippen LogP contribution in [0.1, 0.15) is 26.2 Å². The van der Waals surface area contributed by atoms with Crippen LogP contribution >= 0.6 is 0 Å². The third-order valence-electron chi connectivity index (χ3n) is 3.46. The molecular weight excluding hydrogens is 220 g/mol. The smallest absolute Gasteiger partial charge is 0.251 e. The van der Waals surface area contributed by atoms with E-state index in [2.05, 4.69) is 0 Å². The fourth-order valence-electron chi connectivity index (χ4n) is 2.43. The molecule has 1 atom stereocenters. The van der Waals surface area contributed by atoms with Gasteiger partial charge in [-0.05, 0) is 19.3 Å². The highest BCUT2D eigenvalue weighted by molar-refractivity contribution is 5.81. The summed E-state index contributed by atoms with van der Waals surface area (Å²) in [5.41, 5.74) is 0. The van der Waals surface area contributed by atoms with Crippen LogP contribution in [0, 0.1) is 0 Å². The standard InChI is InChI=1S/C12H20N2O3/c1-10(15)13-5-3-6-14(8-7-13)12(16)11-4-2-9-17-11/h11H,2-9H2,1H3. The Labute approximate surface area is 102 Å². The lowest BCUT2D eigenvalue weighted by Crippen LogP contribution is -2.41. The lowest BCUT2D eigenvalue weighted by molar-refractivity contribution is -0.141. The zero-order valence-corrected chi connectivity index (χ0v) is 10.4. The normalized spacial score (nSPS) is 25.8. The Morgan fingerprint density at radius 3 is 2.41 bits per heavy atom. The van der Waals surface area contributed by atoms with Crippen LogP contribution < -0.4 is 0 Å². The van der Waals surface area contributed by atoms with Crippen molar-refractivity contribution in [2.24, 2.45) is 0 Å². The third-order valence-corrected chi connectivity index (χ3v) is 3.46. The lowest BCUT2D eigenvalue weighted by atomic mass is 10.2. The largest absolute Gasteiger partial charge is 0.368 e. The van der Waals surface area contributed by atoms with Gasteiger partial charge in [0.05, 0.1) is 0 Å². The number of amides is 2. The number of hydrogen-bond acceptors (Lipinski definition) is 3. The van der Waals surface area contributed by atoms with Crippen LogP contribution in [0.5, 0.6) is 0 Å². The molecule has 5 nitrogen and oxygen atoms in total. The maximum Gasteiger partial charge on any atom is 0.251 e. The van der Waals surface area contributed by atoms with Gasteiger partial charge in [-0.1, -0.05) is 0 Å². The van der Waals surface area contributed by atoms with Gasteiger partial charge in [0.25, 0.3) is 5.91 Å². The summed E-state index contributed by atoms with van der Waals surface area (Å²) in [5, 5.41) is 0. The van der Waals surface area contributed by atoms with Crippen molar-refractivity contribution < 1.29 is 14.3 Å². The summed E-state index contributed by atoms with van der Waals surface area (Å²) < 4.78 is 5.41. The second-order valence-electron chi connectivity index (χ2n) is 4.69. The van der Waals surface area contributed by atoms with Crippen LogP contribution in [0.2, 0.25) is 0 Å². The van der Waals surface area contributed by atoms with Gasteiger partial charge in [-0.3, -0.25) is 9.59 Å². The number of ether oxygens (including phenoxy) is 1. The molecular formula is C12H20N2O3. The van der Waals surface area contributed by atoms with E-state index in [1.807, 2.05) is 9.80 Å². The van der Waals surface area contributed by atoms with E-state index in [1.54, 1.807) is 6.92 Å². The molecule has 2 saturated heterocycles. The van der Waals surface area contributed by atoms with Crippen molar-refractivity contribution >= 4 is 11.8 Å². The molecule has 2 fully saturated rings. The number of carbonyl (C=O) groups excluding carboxylic acids is 2. The summed E-state index contributed by atoms with van der Waals surface area (Å²) in [4.78, 5) is 27.1. The maximum absolute atomic E-state index is 12.1. The van der Waals surface area contributed by atoms with Gasteiger partial charge in [0.2, 0.25) is 5.91 Å². The Bertz CT molecular complexity index is 300. The van der Waals surface area contributed by atoms with E-state index < -0.39 is 0 Å². The fraction of sp³-hybridized carbons (Fsp3) is 0.833. The lowest BCUT2D eigenvalue weighted by Gasteiger charge is -2.23. The molecule has 0 bridgehead atoms. The molecule has 0 aliphatic carbocycles. The molecule has 0 radical (unpaired) electrons. The van der Waals surface area contributed by atoms with Gasteiger partial charge in [-0.25, -0.2) is 0 Å². The molecule has 2 heterocycles. The van der Waals surface area contributed by atoms with Crippen LogP contribution in [0.25, 0.3) is 0 Å². The minimum Gasteiger partial charge on any atom is -0.368 e. The molecule has 0 aromatic rings. The molecule has 0 saturated carbocycles. The summed E-state index contributed by atoms with van der Waals surface area (Å²) in [7, 11) is 0. The van der Waals surface area contributed by atoms with Gasteiger partial charge in [0, 0.05) is 39.7 Å². The molecule has 96 valence electrons. The van der Waals surface area contributed by atoms with Gasteiger partial charge < -0.3 is 14.5 Å². The average Bonchev–Trinajstić information content (AvgIpc) is 2.71. The molecule has 0 spiro atoms. The topological polar surface area (TPSA) is 49.9 Å². The van der Waals surface area contributed by atoms with Gasteiger partial charge in [0.1, 0.15) is 6.10 Å². The van der Waals surface area contributed by atoms with Gasteiger partial charge in [-0.2, -0.15) is 0 Å². The van der Waals surface area contributed by atoms with Crippen molar-refractivity contribution in [1.29, 1.82) is 0 Å². The van der Waals surface area contributed by atoms with Crippen molar-refractivity contribution in [3.63, 3.8) is 0 Å². The molecule has 2 rings (SSSR count). The molecule has 2 aliphatic heterocycles. The zero-order valence-electron chi connectivity index (χ0n) is 10.4. The van der Waals surface area contributed by atoms with Crippen LogP contribution in [0.15, 0.2) is 0 Å². The first-order valence-electron chi connectivity index (χ1n) is 6.34. The van der Waals surface area contributed by atoms with Gasteiger partial charge in [0.15, 0.2) is 0 Å². The fourth-order valence-corrected chi connectivity index (χ4v) is 2.43. The van der Waals surface area contributed by atoms with Crippen molar-refractivity contribution in [3.8, 4) is 0 Å². The molecule has 0 N–H and O–H groups in total. The number of rotatable bonds is 1. The summed E-state index contributed by atoms with van der Waals surface area (Å²) in [6.45, 7) is 5.06. The van der Waals surface area contributed by atoms with E-state index in [9.17, 15) is 9.59 Å². The van der Waals surface area contributed by atoms with Crippen molar-refractivity contribution in [2.75, 3.05) is 32.8 Å². The van der Waals surface area contributed by atoms with E-state index in [4.69, 9.17) is 4.74 Å². The minimum absolute atomic E-state index is 0.0939. The van der Waals surface area contributed by atoms with E-state index in [1.165, 1.54) is 0 Å². The second kappa shape index (κ2) is 5.49. The predicted molar refractivity (Wildman–Crippen MR) is 62.4 cm³/mol. The van der Waals surface area contributed by atoms with Gasteiger partial charge >= 0.3 is 0 Å². The number of carbonyl (C=O) groups is 2. The van der Waals surface area contributed by atoms with Crippen LogP contribution in [-0.2, 0) is 14.3 Å². The van der Waals surface area contributed by atoms with E-state index >= 15 is 0 Å². The van der Waals surface area contributed by atoms with E-state index in [0.717, 1.165) is 32.4 Å². The summed E-state index contributed by atoms with van der Waals surface area (Å²) in [5.74, 6) is 0.198. The highest BCUT2D eigenvalue weighted by atomic mass is 16.5. The minimum atomic E-state index is -0.237. The first-order valence-corrected chi connectivity index (χ1v) is 6.34. The molecule has 2 amide bonds. The van der Waals surface area contributed by atoms with Crippen molar-refractivity contribution in [3.05, 3.63) is 0 Å². The first kappa shape index (κ1) is 12.4. The molecule has 5 heteroatoms. The Morgan fingerprint density at radius 2 is 1.76 bits per heavy atom. The summed E-state index contributed by atoms with van der Waals surface area (Å²) in [6.07, 6.45) is 2.44. The second-order valence-corrected chi connectivity index (χ2v) is 4.69. The van der Waals surface area contributed by atoms with Crippen LogP contribution in [-0.4, -0.2) is 60.5 Å². The first-order chi connectivity index (χ1) is 8.18. The Kier molecular flexibility index (Phi) is 3.99. The number of hydrogen-bond donors (Lipinski definition) is 0. The molecule has 17 heavy (non-hydrogen) atoms. The molecule has 1 unspecified atom stereocenters. The molecule has 2 aliphatic rings. The highest BCUT2D eigenvalue weighted by Gasteiger charge is 2.29. The van der Waals surface area contributed by atoms with Gasteiger partial charge in [-0.15, -0.1) is 0 Å². The Morgan fingerprint density at radius 1 is 1.06 bits per heavy atom. The molecule has 0 aromatic heterocycles. The Balaban J connectivity index is 1.89. The average molecular weight is 240 g/mol.